The van der Waals surface area contributed by atoms with Gasteiger partial charge in [0.2, 0.25) is 0 Å². The third-order valence-electron chi connectivity index (χ3n) is 6.07. The topological polar surface area (TPSA) is 64.6 Å². The SMILES string of the molecule is O=C(c1ccnnc1)N1CC[C@@H]2OCCC[C@@]2(COCC2CCC2)C1. The second-order valence-electron chi connectivity index (χ2n) is 7.78. The Labute approximate surface area is 148 Å². The lowest BCUT2D eigenvalue weighted by Crippen LogP contribution is -2.58. The van der Waals surface area contributed by atoms with Gasteiger partial charge in [-0.05, 0) is 44.1 Å². The molecular weight excluding hydrogens is 318 g/mol. The van der Waals surface area contributed by atoms with Gasteiger partial charge in [0.05, 0.1) is 30.7 Å². The standard InChI is InChI=1S/C19H27N3O3/c23-18(16-5-8-20-21-11-16)22-9-6-17-19(13-22,7-2-10-25-17)14-24-12-15-3-1-4-15/h5,8,11,15,17H,1-4,6-7,9-10,12-14H2/t17-,19-/m0/s1. The molecule has 4 rings (SSSR count). The van der Waals surface area contributed by atoms with Crippen LogP contribution in [0.4, 0.5) is 0 Å². The van der Waals surface area contributed by atoms with Crippen molar-refractivity contribution in [3.63, 3.8) is 0 Å². The predicted molar refractivity (Wildman–Crippen MR) is 92.1 cm³/mol. The monoisotopic (exact) mass is 345 g/mol. The predicted octanol–water partition coefficient (Wildman–Crippen LogP) is 2.30. The van der Waals surface area contributed by atoms with Crippen LogP contribution in [-0.4, -0.2) is 60.0 Å². The summed E-state index contributed by atoms with van der Waals surface area (Å²) in [5.41, 5.74) is 0.548. The minimum absolute atomic E-state index is 0.0392. The van der Waals surface area contributed by atoms with E-state index in [0.29, 0.717) is 18.7 Å². The van der Waals surface area contributed by atoms with E-state index in [1.165, 1.54) is 19.3 Å². The molecule has 3 heterocycles. The zero-order chi connectivity index (χ0) is 17.1. The first-order chi connectivity index (χ1) is 12.3. The molecule has 2 saturated heterocycles. The van der Waals surface area contributed by atoms with E-state index >= 15 is 0 Å². The molecule has 3 aliphatic rings. The number of hydrogen-bond acceptors (Lipinski definition) is 5. The van der Waals surface area contributed by atoms with E-state index in [2.05, 4.69) is 10.2 Å². The van der Waals surface area contributed by atoms with E-state index in [4.69, 9.17) is 9.47 Å². The Bertz CT molecular complexity index is 593. The van der Waals surface area contributed by atoms with Crippen LogP contribution < -0.4 is 0 Å². The van der Waals surface area contributed by atoms with Gasteiger partial charge in [-0.1, -0.05) is 6.42 Å². The van der Waals surface area contributed by atoms with Crippen molar-refractivity contribution in [1.29, 1.82) is 0 Å². The minimum atomic E-state index is -0.0592. The van der Waals surface area contributed by atoms with Gasteiger partial charge in [-0.15, -0.1) is 0 Å². The zero-order valence-corrected chi connectivity index (χ0v) is 14.7. The van der Waals surface area contributed by atoms with E-state index in [1.807, 2.05) is 4.90 Å². The summed E-state index contributed by atoms with van der Waals surface area (Å²) in [5, 5.41) is 7.60. The second kappa shape index (κ2) is 7.38. The van der Waals surface area contributed by atoms with Crippen molar-refractivity contribution in [2.24, 2.45) is 11.3 Å². The fraction of sp³-hybridized carbons (Fsp3) is 0.737. The maximum atomic E-state index is 12.8. The maximum Gasteiger partial charge on any atom is 0.255 e. The van der Waals surface area contributed by atoms with Crippen molar-refractivity contribution < 1.29 is 14.3 Å². The van der Waals surface area contributed by atoms with Crippen LogP contribution in [0.1, 0.15) is 48.9 Å². The maximum absolute atomic E-state index is 12.8. The molecule has 25 heavy (non-hydrogen) atoms. The lowest BCUT2D eigenvalue weighted by atomic mass is 9.73. The molecule has 6 nitrogen and oxygen atoms in total. The average Bonchev–Trinajstić information content (AvgIpc) is 2.63. The first-order valence-electron chi connectivity index (χ1n) is 9.52. The summed E-state index contributed by atoms with van der Waals surface area (Å²) in [6.45, 7) is 3.83. The molecule has 1 amide bonds. The molecule has 2 aliphatic heterocycles. The van der Waals surface area contributed by atoms with Crippen LogP contribution >= 0.6 is 0 Å². The smallest absolute Gasteiger partial charge is 0.255 e. The van der Waals surface area contributed by atoms with Crippen molar-refractivity contribution >= 4 is 5.91 Å². The quantitative estimate of drug-likeness (QED) is 0.819. The third kappa shape index (κ3) is 3.55. The van der Waals surface area contributed by atoms with Crippen LogP contribution in [0.15, 0.2) is 18.5 Å². The van der Waals surface area contributed by atoms with Crippen molar-refractivity contribution in [3.8, 4) is 0 Å². The van der Waals surface area contributed by atoms with Crippen molar-refractivity contribution in [2.45, 2.75) is 44.6 Å². The molecule has 1 saturated carbocycles. The Morgan fingerprint density at radius 2 is 2.24 bits per heavy atom. The molecule has 1 aromatic rings. The Morgan fingerprint density at radius 3 is 3.00 bits per heavy atom. The molecule has 0 bridgehead atoms. The highest BCUT2D eigenvalue weighted by atomic mass is 16.5. The Morgan fingerprint density at radius 1 is 1.32 bits per heavy atom. The first kappa shape index (κ1) is 16.9. The molecular formula is C19H27N3O3. The lowest BCUT2D eigenvalue weighted by molar-refractivity contribution is -0.150. The van der Waals surface area contributed by atoms with Crippen molar-refractivity contribution in [2.75, 3.05) is 32.9 Å². The van der Waals surface area contributed by atoms with Gasteiger partial charge in [0.25, 0.3) is 5.91 Å². The Kier molecular flexibility index (Phi) is 4.99. The molecule has 136 valence electrons. The van der Waals surface area contributed by atoms with E-state index in [0.717, 1.165) is 44.9 Å². The van der Waals surface area contributed by atoms with Crippen LogP contribution in [0.3, 0.4) is 0 Å². The van der Waals surface area contributed by atoms with E-state index in [-0.39, 0.29) is 17.4 Å². The molecule has 3 fully saturated rings. The van der Waals surface area contributed by atoms with Crippen LogP contribution in [0.5, 0.6) is 0 Å². The van der Waals surface area contributed by atoms with Gasteiger partial charge in [-0.2, -0.15) is 10.2 Å². The number of likely N-dealkylation sites (tertiary alicyclic amines) is 1. The number of rotatable bonds is 5. The molecule has 0 unspecified atom stereocenters. The molecule has 0 aromatic carbocycles. The molecule has 2 atom stereocenters. The highest BCUT2D eigenvalue weighted by Gasteiger charge is 2.47. The molecule has 0 radical (unpaired) electrons. The number of hydrogen-bond donors (Lipinski definition) is 0. The van der Waals surface area contributed by atoms with E-state index < -0.39 is 0 Å². The molecule has 0 spiro atoms. The van der Waals surface area contributed by atoms with E-state index in [9.17, 15) is 4.79 Å². The summed E-state index contributed by atoms with van der Waals surface area (Å²) < 4.78 is 12.2. The molecule has 1 aromatic heterocycles. The van der Waals surface area contributed by atoms with Crippen LogP contribution in [0.2, 0.25) is 0 Å². The zero-order valence-electron chi connectivity index (χ0n) is 14.7. The fourth-order valence-corrected chi connectivity index (χ4v) is 4.36. The molecule has 0 N–H and O–H groups in total. The number of aromatic nitrogens is 2. The fourth-order valence-electron chi connectivity index (χ4n) is 4.36. The molecule has 1 aliphatic carbocycles. The average molecular weight is 345 g/mol. The van der Waals surface area contributed by atoms with Gasteiger partial charge in [0.1, 0.15) is 0 Å². The van der Waals surface area contributed by atoms with Gasteiger partial charge in [-0.3, -0.25) is 4.79 Å². The molecule has 6 heteroatoms. The van der Waals surface area contributed by atoms with Crippen LogP contribution in [0, 0.1) is 11.3 Å². The highest BCUT2D eigenvalue weighted by Crippen LogP contribution is 2.41. The van der Waals surface area contributed by atoms with Gasteiger partial charge in [0.15, 0.2) is 0 Å². The van der Waals surface area contributed by atoms with E-state index in [1.54, 1.807) is 18.5 Å². The van der Waals surface area contributed by atoms with Crippen LogP contribution in [-0.2, 0) is 9.47 Å². The summed E-state index contributed by atoms with van der Waals surface area (Å²) in [6.07, 6.45) is 10.3. The number of fused-ring (bicyclic) bond motifs is 1. The second-order valence-corrected chi connectivity index (χ2v) is 7.78. The number of amides is 1. The summed E-state index contributed by atoms with van der Waals surface area (Å²) in [4.78, 5) is 14.8. The number of ether oxygens (including phenoxy) is 2. The van der Waals surface area contributed by atoms with Gasteiger partial charge >= 0.3 is 0 Å². The highest BCUT2D eigenvalue weighted by molar-refractivity contribution is 5.93. The Balaban J connectivity index is 1.44. The summed E-state index contributed by atoms with van der Waals surface area (Å²) in [7, 11) is 0. The number of carbonyl (C=O) groups is 1. The lowest BCUT2D eigenvalue weighted by Gasteiger charge is -2.50. The van der Waals surface area contributed by atoms with Crippen molar-refractivity contribution in [3.05, 3.63) is 24.0 Å². The minimum Gasteiger partial charge on any atom is -0.380 e. The Hall–Kier alpha value is -1.53. The number of piperidine rings is 1. The third-order valence-corrected chi connectivity index (χ3v) is 6.07. The summed E-state index contributed by atoms with van der Waals surface area (Å²) in [5.74, 6) is 0.779. The van der Waals surface area contributed by atoms with Gasteiger partial charge in [-0.25, -0.2) is 0 Å². The normalized spacial score (nSPS) is 29.8. The number of nitrogens with zero attached hydrogens (tertiary/aromatic N) is 3. The van der Waals surface area contributed by atoms with Gasteiger partial charge < -0.3 is 14.4 Å². The summed E-state index contributed by atoms with van der Waals surface area (Å²) >= 11 is 0. The van der Waals surface area contributed by atoms with Crippen LogP contribution in [0.25, 0.3) is 0 Å². The summed E-state index contributed by atoms with van der Waals surface area (Å²) in [6, 6.07) is 1.73. The largest absolute Gasteiger partial charge is 0.380 e. The first-order valence-corrected chi connectivity index (χ1v) is 9.52. The number of carbonyl (C=O) groups excluding carboxylic acids is 1. The van der Waals surface area contributed by atoms with Gasteiger partial charge in [0, 0.05) is 31.7 Å². The van der Waals surface area contributed by atoms with Crippen molar-refractivity contribution in [1.82, 2.24) is 15.1 Å².